The maximum Gasteiger partial charge on any atom is 0.0504 e. The summed E-state index contributed by atoms with van der Waals surface area (Å²) in [5, 5.41) is 13.2. The minimum Gasteiger partial charge on any atom is -0.396 e. The average Bonchev–Trinajstić information content (AvgIpc) is 2.55. The van der Waals surface area contributed by atoms with E-state index in [1.807, 2.05) is 0 Å². The van der Waals surface area contributed by atoms with Crippen LogP contribution in [-0.4, -0.2) is 36.2 Å². The number of nitrogens with zero attached hydrogens (tertiary/aromatic N) is 1. The fourth-order valence-corrected chi connectivity index (χ4v) is 2.55. The van der Waals surface area contributed by atoms with E-state index in [9.17, 15) is 5.11 Å². The molecular weight excluding hydrogens is 260 g/mol. The lowest BCUT2D eigenvalue weighted by Crippen LogP contribution is -2.32. The molecule has 0 aliphatic rings. The molecule has 0 aliphatic heterocycles. The molecular formula is C18H32N2O. The molecule has 0 saturated carbocycles. The van der Waals surface area contributed by atoms with Crippen molar-refractivity contribution in [1.29, 1.82) is 0 Å². The van der Waals surface area contributed by atoms with Gasteiger partial charge in [-0.25, -0.2) is 0 Å². The van der Waals surface area contributed by atoms with Gasteiger partial charge in [-0.15, -0.1) is 0 Å². The Balaban J connectivity index is 2.68. The third-order valence-electron chi connectivity index (χ3n) is 4.73. The first-order valence-electron chi connectivity index (χ1n) is 8.29. The highest BCUT2D eigenvalue weighted by Gasteiger charge is 2.24. The molecule has 0 fully saturated rings. The molecule has 3 heteroatoms. The second-order valence-corrected chi connectivity index (χ2v) is 5.88. The second-order valence-electron chi connectivity index (χ2n) is 5.88. The summed E-state index contributed by atoms with van der Waals surface area (Å²) in [6, 6.07) is 8.63. The molecule has 0 saturated heterocycles. The van der Waals surface area contributed by atoms with Gasteiger partial charge in [-0.3, -0.25) is 4.90 Å². The third kappa shape index (κ3) is 5.33. The largest absolute Gasteiger partial charge is 0.396 e. The minimum atomic E-state index is -0.00508. The van der Waals surface area contributed by atoms with Gasteiger partial charge in [-0.2, -0.15) is 0 Å². The molecule has 0 spiro atoms. The number of anilines is 1. The van der Waals surface area contributed by atoms with Crippen LogP contribution in [0.3, 0.4) is 0 Å². The maximum absolute atomic E-state index is 9.65. The maximum atomic E-state index is 9.65. The van der Waals surface area contributed by atoms with E-state index in [4.69, 9.17) is 0 Å². The number of benzene rings is 1. The summed E-state index contributed by atoms with van der Waals surface area (Å²) in [4.78, 5) is 2.41. The highest BCUT2D eigenvalue weighted by Crippen LogP contribution is 2.26. The Bertz CT molecular complexity index is 390. The number of hydrogen-bond donors (Lipinski definition) is 2. The van der Waals surface area contributed by atoms with E-state index in [2.05, 4.69) is 62.2 Å². The van der Waals surface area contributed by atoms with Crippen LogP contribution in [0.1, 0.15) is 46.1 Å². The zero-order chi connectivity index (χ0) is 15.7. The number of aliphatic hydroxyl groups is 1. The summed E-state index contributed by atoms with van der Waals surface area (Å²) in [7, 11) is 0. The Labute approximate surface area is 130 Å². The Morgan fingerprint density at radius 2 is 1.76 bits per heavy atom. The fraction of sp³-hybridized carbons (Fsp3) is 0.667. The van der Waals surface area contributed by atoms with Gasteiger partial charge in [-0.05, 0) is 43.6 Å². The van der Waals surface area contributed by atoms with Crippen LogP contribution >= 0.6 is 0 Å². The van der Waals surface area contributed by atoms with Gasteiger partial charge in [0.2, 0.25) is 0 Å². The van der Waals surface area contributed by atoms with Crippen LogP contribution in [-0.2, 0) is 6.54 Å². The Morgan fingerprint density at radius 3 is 2.29 bits per heavy atom. The molecule has 0 aromatic heterocycles. The van der Waals surface area contributed by atoms with Crippen LogP contribution in [0.5, 0.6) is 0 Å². The van der Waals surface area contributed by atoms with Crippen molar-refractivity contribution in [3.8, 4) is 0 Å². The monoisotopic (exact) mass is 292 g/mol. The van der Waals surface area contributed by atoms with E-state index >= 15 is 0 Å². The van der Waals surface area contributed by atoms with E-state index in [1.165, 1.54) is 5.56 Å². The van der Waals surface area contributed by atoms with Gasteiger partial charge >= 0.3 is 0 Å². The molecule has 0 atom stereocenters. The summed E-state index contributed by atoms with van der Waals surface area (Å²) < 4.78 is 0. The lowest BCUT2D eigenvalue weighted by Gasteiger charge is -2.30. The van der Waals surface area contributed by atoms with E-state index < -0.39 is 0 Å². The van der Waals surface area contributed by atoms with Gasteiger partial charge in [0.25, 0.3) is 0 Å². The molecule has 1 aromatic rings. The first kappa shape index (κ1) is 18.0. The van der Waals surface area contributed by atoms with Crippen LogP contribution in [0.2, 0.25) is 0 Å². The first-order valence-corrected chi connectivity index (χ1v) is 8.29. The van der Waals surface area contributed by atoms with Crippen molar-refractivity contribution in [1.82, 2.24) is 4.90 Å². The van der Waals surface area contributed by atoms with Gasteiger partial charge in [0, 0.05) is 24.2 Å². The van der Waals surface area contributed by atoms with Crippen molar-refractivity contribution < 1.29 is 5.11 Å². The number of rotatable bonds is 10. The van der Waals surface area contributed by atoms with Crippen molar-refractivity contribution in [2.75, 3.05) is 31.6 Å². The fourth-order valence-electron chi connectivity index (χ4n) is 2.55. The lowest BCUT2D eigenvalue weighted by molar-refractivity contribution is 0.127. The minimum absolute atomic E-state index is 0.00508. The summed E-state index contributed by atoms with van der Waals surface area (Å²) >= 11 is 0. The van der Waals surface area contributed by atoms with Gasteiger partial charge in [0.15, 0.2) is 0 Å². The third-order valence-corrected chi connectivity index (χ3v) is 4.73. The van der Waals surface area contributed by atoms with Crippen LogP contribution in [0.25, 0.3) is 0 Å². The van der Waals surface area contributed by atoms with Crippen molar-refractivity contribution in [3.63, 3.8) is 0 Å². The highest BCUT2D eigenvalue weighted by atomic mass is 16.3. The van der Waals surface area contributed by atoms with Crippen LogP contribution in [0.4, 0.5) is 5.69 Å². The van der Waals surface area contributed by atoms with Crippen molar-refractivity contribution in [2.24, 2.45) is 5.41 Å². The van der Waals surface area contributed by atoms with Crippen LogP contribution in [0.15, 0.2) is 24.3 Å². The quantitative estimate of drug-likeness (QED) is 0.689. The number of aliphatic hydroxyl groups excluding tert-OH is 1. The Hall–Kier alpha value is -1.06. The van der Waals surface area contributed by atoms with Gasteiger partial charge in [0.1, 0.15) is 0 Å². The molecule has 0 bridgehead atoms. The summed E-state index contributed by atoms with van der Waals surface area (Å²) in [6.45, 7) is 12.9. The molecule has 120 valence electrons. The van der Waals surface area contributed by atoms with E-state index in [-0.39, 0.29) is 12.0 Å². The molecule has 1 aromatic carbocycles. The average molecular weight is 292 g/mol. The van der Waals surface area contributed by atoms with E-state index in [1.54, 1.807) is 0 Å². The van der Waals surface area contributed by atoms with E-state index in [0.717, 1.165) is 44.7 Å². The Kier molecular flexibility index (Phi) is 7.76. The second kappa shape index (κ2) is 9.06. The van der Waals surface area contributed by atoms with Gasteiger partial charge in [-0.1, -0.05) is 39.8 Å². The Morgan fingerprint density at radius 1 is 1.10 bits per heavy atom. The van der Waals surface area contributed by atoms with Gasteiger partial charge < -0.3 is 10.4 Å². The number of nitrogens with one attached hydrogen (secondary N) is 1. The molecule has 0 radical (unpaired) electrons. The molecule has 0 amide bonds. The molecule has 0 unspecified atom stereocenters. The normalized spacial score (nSPS) is 11.9. The van der Waals surface area contributed by atoms with Crippen LogP contribution in [0, 0.1) is 5.41 Å². The topological polar surface area (TPSA) is 35.5 Å². The molecule has 1 rings (SSSR count). The van der Waals surface area contributed by atoms with Crippen LogP contribution < -0.4 is 5.32 Å². The standard InChI is InChI=1S/C18H32N2O/c1-5-18(6-2,15-21)14-19-17-11-9-10-16(12-17)13-20(7-3)8-4/h9-12,19,21H,5-8,13-15H2,1-4H3. The molecule has 0 heterocycles. The SMILES string of the molecule is CCN(CC)Cc1cccc(NCC(CC)(CC)CO)c1. The molecule has 0 aliphatic carbocycles. The zero-order valence-corrected chi connectivity index (χ0v) is 14.2. The zero-order valence-electron chi connectivity index (χ0n) is 14.2. The molecule has 3 nitrogen and oxygen atoms in total. The van der Waals surface area contributed by atoms with Crippen molar-refractivity contribution >= 4 is 5.69 Å². The van der Waals surface area contributed by atoms with E-state index in [0.29, 0.717) is 0 Å². The predicted octanol–water partition coefficient (Wildman–Crippen LogP) is 3.74. The smallest absolute Gasteiger partial charge is 0.0504 e. The molecule has 21 heavy (non-hydrogen) atoms. The summed E-state index contributed by atoms with van der Waals surface area (Å²) in [5.74, 6) is 0. The number of hydrogen-bond acceptors (Lipinski definition) is 3. The summed E-state index contributed by atoms with van der Waals surface area (Å²) in [5.41, 5.74) is 2.49. The lowest BCUT2D eigenvalue weighted by atomic mass is 9.83. The summed E-state index contributed by atoms with van der Waals surface area (Å²) in [6.07, 6.45) is 1.98. The van der Waals surface area contributed by atoms with Crippen molar-refractivity contribution in [3.05, 3.63) is 29.8 Å². The highest BCUT2D eigenvalue weighted by molar-refractivity contribution is 5.46. The first-order chi connectivity index (χ1) is 10.1. The molecule has 2 N–H and O–H groups in total. The van der Waals surface area contributed by atoms with Crippen molar-refractivity contribution in [2.45, 2.75) is 47.1 Å². The van der Waals surface area contributed by atoms with Gasteiger partial charge in [0.05, 0.1) is 6.61 Å². The predicted molar refractivity (Wildman–Crippen MR) is 91.7 cm³/mol.